The maximum absolute atomic E-state index is 12.1. The second-order valence-corrected chi connectivity index (χ2v) is 9.17. The van der Waals surface area contributed by atoms with Crippen molar-refractivity contribution >= 4 is 37.5 Å². The zero-order valence-corrected chi connectivity index (χ0v) is 16.6. The Balaban J connectivity index is 1.47. The number of sulfonamides is 1. The third kappa shape index (κ3) is 5.59. The molecule has 0 saturated heterocycles. The number of fused-ring (bicyclic) bond motifs is 1. The number of amides is 1. The highest BCUT2D eigenvalue weighted by Crippen LogP contribution is 2.22. The van der Waals surface area contributed by atoms with Crippen LogP contribution in [0.5, 0.6) is 0 Å². The summed E-state index contributed by atoms with van der Waals surface area (Å²) in [6.07, 6.45) is 1.00. The molecule has 0 fully saturated rings. The summed E-state index contributed by atoms with van der Waals surface area (Å²) in [7, 11) is -1.88. The van der Waals surface area contributed by atoms with Gasteiger partial charge in [-0.05, 0) is 30.3 Å². The predicted octanol–water partition coefficient (Wildman–Crippen LogP) is 2.59. The standard InChI is InChI=1S/C19H21N3O3S2/c1-20-27(24,25)13-15-8-6-14(7-9-15)12-21-18(23)10-11-19-22-16-4-2-3-5-17(16)26-19/h2-9,20H,10-13H2,1H3,(H,21,23). The lowest BCUT2D eigenvalue weighted by molar-refractivity contribution is -0.121. The van der Waals surface area contributed by atoms with Crippen molar-refractivity contribution in [2.45, 2.75) is 25.1 Å². The van der Waals surface area contributed by atoms with Crippen molar-refractivity contribution in [2.75, 3.05) is 7.05 Å². The highest BCUT2D eigenvalue weighted by atomic mass is 32.2. The van der Waals surface area contributed by atoms with Crippen LogP contribution in [0.25, 0.3) is 10.2 Å². The highest BCUT2D eigenvalue weighted by molar-refractivity contribution is 7.88. The monoisotopic (exact) mass is 403 g/mol. The largest absolute Gasteiger partial charge is 0.352 e. The smallest absolute Gasteiger partial charge is 0.220 e. The fraction of sp³-hybridized carbons (Fsp3) is 0.263. The van der Waals surface area contributed by atoms with E-state index in [4.69, 9.17) is 0 Å². The molecule has 1 aromatic heterocycles. The first kappa shape index (κ1) is 19.5. The molecule has 0 bridgehead atoms. The van der Waals surface area contributed by atoms with E-state index in [-0.39, 0.29) is 11.7 Å². The number of carbonyl (C=O) groups excluding carboxylic acids is 1. The SMILES string of the molecule is CNS(=O)(=O)Cc1ccc(CNC(=O)CCc2nc3ccccc3s2)cc1. The van der Waals surface area contributed by atoms with Crippen LogP contribution in [0.15, 0.2) is 48.5 Å². The molecule has 1 amide bonds. The minimum atomic E-state index is -3.28. The molecular formula is C19H21N3O3S2. The average Bonchev–Trinajstić information content (AvgIpc) is 3.08. The zero-order valence-electron chi connectivity index (χ0n) is 14.9. The molecule has 0 unspecified atom stereocenters. The summed E-state index contributed by atoms with van der Waals surface area (Å²) in [6, 6.07) is 15.1. The summed E-state index contributed by atoms with van der Waals surface area (Å²) in [6.45, 7) is 0.414. The summed E-state index contributed by atoms with van der Waals surface area (Å²) < 4.78 is 26.5. The van der Waals surface area contributed by atoms with Crippen molar-refractivity contribution in [3.05, 3.63) is 64.7 Å². The van der Waals surface area contributed by atoms with Crippen molar-refractivity contribution in [1.82, 2.24) is 15.0 Å². The molecular weight excluding hydrogens is 382 g/mol. The molecule has 6 nitrogen and oxygen atoms in total. The van der Waals surface area contributed by atoms with Crippen molar-refractivity contribution in [3.63, 3.8) is 0 Å². The Morgan fingerprint density at radius 2 is 1.78 bits per heavy atom. The molecule has 0 atom stereocenters. The van der Waals surface area contributed by atoms with Gasteiger partial charge in [-0.3, -0.25) is 4.79 Å². The summed E-state index contributed by atoms with van der Waals surface area (Å²) in [5, 5.41) is 3.85. The molecule has 0 aliphatic carbocycles. The van der Waals surface area contributed by atoms with E-state index in [0.29, 0.717) is 24.9 Å². The van der Waals surface area contributed by atoms with Gasteiger partial charge in [-0.1, -0.05) is 36.4 Å². The predicted molar refractivity (Wildman–Crippen MR) is 108 cm³/mol. The summed E-state index contributed by atoms with van der Waals surface area (Å²) in [5.41, 5.74) is 2.60. The third-order valence-corrected chi connectivity index (χ3v) is 6.52. The van der Waals surface area contributed by atoms with Gasteiger partial charge in [0.25, 0.3) is 0 Å². The number of hydrogen-bond acceptors (Lipinski definition) is 5. The van der Waals surface area contributed by atoms with Crippen LogP contribution in [-0.4, -0.2) is 26.4 Å². The van der Waals surface area contributed by atoms with Crippen LogP contribution >= 0.6 is 11.3 Å². The number of hydrogen-bond donors (Lipinski definition) is 2. The molecule has 0 spiro atoms. The molecule has 1 heterocycles. The number of benzene rings is 2. The fourth-order valence-corrected chi connectivity index (χ4v) is 4.32. The van der Waals surface area contributed by atoms with Gasteiger partial charge in [-0.25, -0.2) is 18.1 Å². The van der Waals surface area contributed by atoms with E-state index in [2.05, 4.69) is 15.0 Å². The maximum atomic E-state index is 12.1. The first-order chi connectivity index (χ1) is 12.9. The van der Waals surface area contributed by atoms with E-state index in [0.717, 1.165) is 20.8 Å². The molecule has 0 aliphatic rings. The van der Waals surface area contributed by atoms with Gasteiger partial charge in [-0.15, -0.1) is 11.3 Å². The van der Waals surface area contributed by atoms with Crippen LogP contribution in [0.2, 0.25) is 0 Å². The summed E-state index contributed by atoms with van der Waals surface area (Å²) in [4.78, 5) is 16.6. The molecule has 3 aromatic rings. The molecule has 0 saturated carbocycles. The summed E-state index contributed by atoms with van der Waals surface area (Å²) in [5.74, 6) is -0.0886. The van der Waals surface area contributed by atoms with Crippen molar-refractivity contribution < 1.29 is 13.2 Å². The number of rotatable bonds is 8. The van der Waals surface area contributed by atoms with E-state index in [1.165, 1.54) is 7.05 Å². The lowest BCUT2D eigenvalue weighted by Gasteiger charge is -2.07. The average molecular weight is 404 g/mol. The Morgan fingerprint density at radius 3 is 2.48 bits per heavy atom. The number of nitrogens with zero attached hydrogens (tertiary/aromatic N) is 1. The molecule has 8 heteroatoms. The zero-order chi connectivity index (χ0) is 19.3. The van der Waals surface area contributed by atoms with Crippen molar-refractivity contribution in [1.29, 1.82) is 0 Å². The topological polar surface area (TPSA) is 88.2 Å². The Hall–Kier alpha value is -2.29. The Morgan fingerprint density at radius 1 is 1.07 bits per heavy atom. The first-order valence-corrected chi connectivity index (χ1v) is 11.0. The number of carbonyl (C=O) groups is 1. The van der Waals surface area contributed by atoms with Crippen LogP contribution in [0.1, 0.15) is 22.6 Å². The van der Waals surface area contributed by atoms with Crippen molar-refractivity contribution in [2.24, 2.45) is 0 Å². The molecule has 27 heavy (non-hydrogen) atoms. The van der Waals surface area contributed by atoms with Gasteiger partial charge < -0.3 is 5.32 Å². The third-order valence-electron chi connectivity index (χ3n) is 4.08. The van der Waals surface area contributed by atoms with Crippen LogP contribution in [0.3, 0.4) is 0 Å². The van der Waals surface area contributed by atoms with Crippen molar-refractivity contribution in [3.8, 4) is 0 Å². The van der Waals surface area contributed by atoms with Gasteiger partial charge in [0.1, 0.15) is 0 Å². The Bertz CT molecular complexity index is 995. The molecule has 0 radical (unpaired) electrons. The van der Waals surface area contributed by atoms with Gasteiger partial charge in [0.05, 0.1) is 21.0 Å². The second kappa shape index (κ2) is 8.60. The Labute approximate surface area is 162 Å². The van der Waals surface area contributed by atoms with Crippen LogP contribution in [0.4, 0.5) is 0 Å². The van der Waals surface area contributed by atoms with Gasteiger partial charge in [0, 0.05) is 19.4 Å². The Kier molecular flexibility index (Phi) is 6.20. The highest BCUT2D eigenvalue weighted by Gasteiger charge is 2.09. The van der Waals surface area contributed by atoms with E-state index >= 15 is 0 Å². The minimum absolute atomic E-state index is 0.0314. The van der Waals surface area contributed by atoms with Crippen LogP contribution in [0, 0.1) is 0 Å². The van der Waals surface area contributed by atoms with E-state index in [1.807, 2.05) is 36.4 Å². The number of nitrogens with one attached hydrogen (secondary N) is 2. The van der Waals surface area contributed by atoms with Gasteiger partial charge in [0.2, 0.25) is 15.9 Å². The molecule has 0 aliphatic heterocycles. The summed E-state index contributed by atoms with van der Waals surface area (Å²) >= 11 is 1.62. The first-order valence-electron chi connectivity index (χ1n) is 8.55. The molecule has 142 valence electrons. The quantitative estimate of drug-likeness (QED) is 0.605. The van der Waals surface area contributed by atoms with E-state index in [9.17, 15) is 13.2 Å². The van der Waals surface area contributed by atoms with E-state index < -0.39 is 10.0 Å². The lowest BCUT2D eigenvalue weighted by Crippen LogP contribution is -2.23. The van der Waals surface area contributed by atoms with Crippen LogP contribution in [-0.2, 0) is 33.5 Å². The van der Waals surface area contributed by atoms with Crippen LogP contribution < -0.4 is 10.0 Å². The van der Waals surface area contributed by atoms with Gasteiger partial charge in [0.15, 0.2) is 0 Å². The number of para-hydroxylation sites is 1. The molecule has 3 rings (SSSR count). The van der Waals surface area contributed by atoms with Gasteiger partial charge >= 0.3 is 0 Å². The molecule has 2 aromatic carbocycles. The molecule has 2 N–H and O–H groups in total. The van der Waals surface area contributed by atoms with E-state index in [1.54, 1.807) is 23.5 Å². The second-order valence-electron chi connectivity index (χ2n) is 6.13. The normalized spacial score (nSPS) is 11.6. The number of aryl methyl sites for hydroxylation is 1. The lowest BCUT2D eigenvalue weighted by atomic mass is 10.1. The number of aromatic nitrogens is 1. The van der Waals surface area contributed by atoms with Gasteiger partial charge in [-0.2, -0.15) is 0 Å². The number of thiazole rings is 1. The fourth-order valence-electron chi connectivity index (χ4n) is 2.58. The minimum Gasteiger partial charge on any atom is -0.352 e. The maximum Gasteiger partial charge on any atom is 0.220 e.